The van der Waals surface area contributed by atoms with Crippen LogP contribution in [0.1, 0.15) is 26.2 Å². The van der Waals surface area contributed by atoms with Crippen molar-refractivity contribution in [1.29, 1.82) is 0 Å². The largest absolute Gasteiger partial charge is 0.493 e. The predicted molar refractivity (Wildman–Crippen MR) is 75.9 cm³/mol. The van der Waals surface area contributed by atoms with Crippen molar-refractivity contribution in [3.8, 4) is 5.69 Å². The summed E-state index contributed by atoms with van der Waals surface area (Å²) >= 11 is 0. The fourth-order valence-electron chi connectivity index (χ4n) is 2.64. The van der Waals surface area contributed by atoms with Gasteiger partial charge in [-0.1, -0.05) is 11.5 Å². The molecule has 2 aromatic rings. The molecule has 1 saturated heterocycles. The fourth-order valence-corrected chi connectivity index (χ4v) is 4.34. The van der Waals surface area contributed by atoms with Gasteiger partial charge in [0.15, 0.2) is 0 Å². The van der Waals surface area contributed by atoms with Gasteiger partial charge in [0.2, 0.25) is 15.3 Å². The minimum atomic E-state index is -3.50. The van der Waals surface area contributed by atoms with Crippen molar-refractivity contribution >= 4 is 10.0 Å². The Morgan fingerprint density at radius 3 is 2.64 bits per heavy atom. The first kappa shape index (κ1) is 14.9. The van der Waals surface area contributed by atoms with E-state index < -0.39 is 15.8 Å². The standard InChI is InChI=1S/C13H16N4O4S/c1-10-4-2-3-9-16(10)22(19,20)12-7-5-11(6-8-12)17-14-13(18)21-15-17/h5-8,10H,2-4,9H2,1H3/p+1. The molecule has 0 aliphatic carbocycles. The monoisotopic (exact) mass is 325 g/mol. The molecule has 1 aromatic heterocycles. The summed E-state index contributed by atoms with van der Waals surface area (Å²) < 4.78 is 31.3. The average Bonchev–Trinajstić information content (AvgIpc) is 2.94. The van der Waals surface area contributed by atoms with Crippen LogP contribution < -0.4 is 10.6 Å². The van der Waals surface area contributed by atoms with Crippen molar-refractivity contribution in [3.05, 3.63) is 34.8 Å². The van der Waals surface area contributed by atoms with Gasteiger partial charge in [-0.25, -0.2) is 17.7 Å². The zero-order chi connectivity index (χ0) is 15.7. The van der Waals surface area contributed by atoms with Gasteiger partial charge in [0.1, 0.15) is 0 Å². The van der Waals surface area contributed by atoms with Crippen LogP contribution in [0.2, 0.25) is 0 Å². The van der Waals surface area contributed by atoms with Gasteiger partial charge in [-0.05, 0) is 31.9 Å². The van der Waals surface area contributed by atoms with Crippen molar-refractivity contribution in [2.75, 3.05) is 6.54 Å². The summed E-state index contributed by atoms with van der Waals surface area (Å²) in [6, 6.07) is 6.16. The van der Waals surface area contributed by atoms with E-state index in [0.29, 0.717) is 12.2 Å². The lowest BCUT2D eigenvalue weighted by molar-refractivity contribution is -0.725. The van der Waals surface area contributed by atoms with Crippen molar-refractivity contribution in [2.24, 2.45) is 0 Å². The van der Waals surface area contributed by atoms with E-state index >= 15 is 0 Å². The number of aromatic amines is 1. The molecular weight excluding hydrogens is 308 g/mol. The van der Waals surface area contributed by atoms with Crippen LogP contribution >= 0.6 is 0 Å². The maximum absolute atomic E-state index is 12.7. The first-order valence-corrected chi connectivity index (χ1v) is 8.53. The highest BCUT2D eigenvalue weighted by molar-refractivity contribution is 7.89. The third-order valence-corrected chi connectivity index (χ3v) is 5.86. The maximum atomic E-state index is 12.7. The van der Waals surface area contributed by atoms with Crippen molar-refractivity contribution in [2.45, 2.75) is 37.1 Å². The van der Waals surface area contributed by atoms with E-state index in [4.69, 9.17) is 0 Å². The molecule has 1 N–H and O–H groups in total. The van der Waals surface area contributed by atoms with Crippen LogP contribution in [-0.4, -0.2) is 35.7 Å². The topological polar surface area (TPSA) is 100 Å². The minimum Gasteiger partial charge on any atom is -0.239 e. The molecule has 22 heavy (non-hydrogen) atoms. The van der Waals surface area contributed by atoms with Gasteiger partial charge in [-0.3, -0.25) is 0 Å². The minimum absolute atomic E-state index is 0.0136. The molecule has 1 unspecified atom stereocenters. The van der Waals surface area contributed by atoms with Crippen molar-refractivity contribution < 1.29 is 17.7 Å². The molecule has 0 spiro atoms. The van der Waals surface area contributed by atoms with E-state index in [1.165, 1.54) is 12.1 Å². The number of nitrogens with one attached hydrogen (secondary N) is 1. The van der Waals surface area contributed by atoms with Gasteiger partial charge >= 0.3 is 5.76 Å². The van der Waals surface area contributed by atoms with Gasteiger partial charge < -0.3 is 0 Å². The molecule has 118 valence electrons. The van der Waals surface area contributed by atoms with Crippen molar-refractivity contribution in [1.82, 2.24) is 14.7 Å². The van der Waals surface area contributed by atoms with E-state index in [0.717, 1.165) is 24.1 Å². The molecule has 0 amide bonds. The zero-order valence-corrected chi connectivity index (χ0v) is 12.9. The Morgan fingerprint density at radius 1 is 1.32 bits per heavy atom. The number of rotatable bonds is 3. The van der Waals surface area contributed by atoms with Crippen LogP contribution in [0, 0.1) is 0 Å². The Bertz CT molecular complexity index is 809. The van der Waals surface area contributed by atoms with Gasteiger partial charge in [-0.2, -0.15) is 4.31 Å². The predicted octanol–water partition coefficient (Wildman–Crippen LogP) is 0.203. The fraction of sp³-hybridized carbons (Fsp3) is 0.462. The van der Waals surface area contributed by atoms with Crippen LogP contribution in [0.15, 0.2) is 38.5 Å². The van der Waals surface area contributed by atoms with E-state index in [-0.39, 0.29) is 10.9 Å². The second-order valence-electron chi connectivity index (χ2n) is 5.34. The Hall–Kier alpha value is -2.00. The van der Waals surface area contributed by atoms with Gasteiger partial charge in [0.05, 0.1) is 9.69 Å². The molecule has 1 aliphatic heterocycles. The number of piperidine rings is 1. The molecule has 0 radical (unpaired) electrons. The molecule has 1 atom stereocenters. The number of sulfonamides is 1. The number of benzene rings is 1. The quantitative estimate of drug-likeness (QED) is 0.813. The second kappa shape index (κ2) is 5.65. The first-order valence-electron chi connectivity index (χ1n) is 7.09. The lowest BCUT2D eigenvalue weighted by atomic mass is 10.1. The highest BCUT2D eigenvalue weighted by atomic mass is 32.2. The lowest BCUT2D eigenvalue weighted by Crippen LogP contribution is -2.42. The average molecular weight is 325 g/mol. The Balaban J connectivity index is 1.90. The summed E-state index contributed by atoms with van der Waals surface area (Å²) in [5.41, 5.74) is 0.511. The number of hydrogen-bond donors (Lipinski definition) is 1. The van der Waals surface area contributed by atoms with Gasteiger partial charge in [0, 0.05) is 24.7 Å². The summed E-state index contributed by atoms with van der Waals surface area (Å²) in [4.78, 5) is 12.3. The van der Waals surface area contributed by atoms with E-state index in [1.807, 2.05) is 6.92 Å². The lowest BCUT2D eigenvalue weighted by Gasteiger charge is -2.32. The highest BCUT2D eigenvalue weighted by Crippen LogP contribution is 2.25. The Kier molecular flexibility index (Phi) is 3.83. The van der Waals surface area contributed by atoms with E-state index in [1.54, 1.807) is 16.4 Å². The van der Waals surface area contributed by atoms with Crippen LogP contribution in [0.4, 0.5) is 0 Å². The van der Waals surface area contributed by atoms with Crippen LogP contribution in [0.25, 0.3) is 5.69 Å². The summed E-state index contributed by atoms with van der Waals surface area (Å²) in [5, 5.41) is 5.84. The number of nitrogens with zero attached hydrogens (tertiary/aromatic N) is 3. The maximum Gasteiger partial charge on any atom is 0.493 e. The number of aromatic nitrogens is 3. The Labute approximate surface area is 127 Å². The molecule has 8 nitrogen and oxygen atoms in total. The number of H-pyrrole nitrogens is 1. The third-order valence-electron chi connectivity index (χ3n) is 3.83. The molecule has 0 bridgehead atoms. The molecule has 1 aromatic carbocycles. The molecule has 0 saturated carbocycles. The molecule has 1 fully saturated rings. The van der Waals surface area contributed by atoms with Crippen molar-refractivity contribution in [3.63, 3.8) is 0 Å². The summed E-state index contributed by atoms with van der Waals surface area (Å²) in [5.74, 6) is -0.682. The molecule has 2 heterocycles. The first-order chi connectivity index (χ1) is 10.5. The molecular formula is C13H17N4O4S+. The Morgan fingerprint density at radius 2 is 2.05 bits per heavy atom. The molecule has 1 aliphatic rings. The smallest absolute Gasteiger partial charge is 0.239 e. The van der Waals surface area contributed by atoms with E-state index in [9.17, 15) is 13.2 Å². The molecule has 3 rings (SSSR count). The summed E-state index contributed by atoms with van der Waals surface area (Å²) in [7, 11) is -3.50. The second-order valence-corrected chi connectivity index (χ2v) is 7.23. The highest BCUT2D eigenvalue weighted by Gasteiger charge is 2.31. The SMILES string of the molecule is CC1CCCCN1S(=O)(=O)c1ccc(-[n+]2noc(=O)[nH]2)cc1. The molecule has 9 heteroatoms. The van der Waals surface area contributed by atoms with E-state index in [2.05, 4.69) is 14.9 Å². The van der Waals surface area contributed by atoms with Crippen LogP contribution in [0.5, 0.6) is 0 Å². The van der Waals surface area contributed by atoms with Crippen LogP contribution in [0.3, 0.4) is 0 Å². The third kappa shape index (κ3) is 2.69. The number of hydrogen-bond acceptors (Lipinski definition) is 5. The summed E-state index contributed by atoms with van der Waals surface area (Å²) in [6.07, 6.45) is 2.83. The zero-order valence-electron chi connectivity index (χ0n) is 12.1. The van der Waals surface area contributed by atoms with Gasteiger partial charge in [0.25, 0.3) is 5.69 Å². The van der Waals surface area contributed by atoms with Gasteiger partial charge in [-0.15, -0.1) is 0 Å². The summed E-state index contributed by atoms with van der Waals surface area (Å²) in [6.45, 7) is 2.48. The van der Waals surface area contributed by atoms with Crippen LogP contribution in [-0.2, 0) is 10.0 Å². The normalized spacial score (nSPS) is 20.1.